The average molecular weight is 562 g/mol. The monoisotopic (exact) mass is 561 g/mol. The molecule has 0 unspecified atom stereocenters. The lowest BCUT2D eigenvalue weighted by Crippen LogP contribution is -2.38. The zero-order chi connectivity index (χ0) is 29.2. The first-order chi connectivity index (χ1) is 21.2. The van der Waals surface area contributed by atoms with Gasteiger partial charge >= 0.3 is 5.97 Å². The number of methoxy groups -OCH3 is 1. The lowest BCUT2D eigenvalue weighted by Gasteiger charge is -2.36. The quantitative estimate of drug-likeness (QED) is 0.157. The second-order valence-corrected chi connectivity index (χ2v) is 10.2. The van der Waals surface area contributed by atoms with Crippen LogP contribution in [0.5, 0.6) is 0 Å². The number of hydrogen-bond acceptors (Lipinski definition) is 5. The lowest BCUT2D eigenvalue weighted by molar-refractivity contribution is 0.0600. The van der Waals surface area contributed by atoms with Crippen LogP contribution in [0.15, 0.2) is 146 Å². The first kappa shape index (κ1) is 26.1. The minimum absolute atomic E-state index is 0.395. The van der Waals surface area contributed by atoms with Crippen molar-refractivity contribution < 1.29 is 9.53 Å². The predicted molar refractivity (Wildman–Crippen MR) is 166 cm³/mol. The molecular weight excluding hydrogens is 534 g/mol. The number of hydrogen-bond donors (Lipinski definition) is 0. The Morgan fingerprint density at radius 3 is 1.84 bits per heavy atom. The van der Waals surface area contributed by atoms with Gasteiger partial charge in [0.25, 0.3) is 0 Å². The highest BCUT2D eigenvalue weighted by atomic mass is 16.5. The summed E-state index contributed by atoms with van der Waals surface area (Å²) in [6.45, 7) is 0. The van der Waals surface area contributed by atoms with Gasteiger partial charge in [0.15, 0.2) is 0 Å². The molecule has 43 heavy (non-hydrogen) atoms. The molecule has 7 nitrogen and oxygen atoms in total. The summed E-state index contributed by atoms with van der Waals surface area (Å²) in [6.07, 6.45) is 9.36. The number of benzene rings is 3. The van der Waals surface area contributed by atoms with E-state index >= 15 is 0 Å². The molecule has 7 heteroatoms. The molecule has 4 heterocycles. The van der Waals surface area contributed by atoms with Crippen molar-refractivity contribution in [2.75, 3.05) is 7.11 Å². The zero-order valence-electron chi connectivity index (χ0n) is 23.4. The molecule has 3 aromatic carbocycles. The van der Waals surface area contributed by atoms with Gasteiger partial charge in [-0.15, -0.1) is 0 Å². The largest absolute Gasteiger partial charge is 0.465 e. The van der Waals surface area contributed by atoms with Crippen molar-refractivity contribution in [1.82, 2.24) is 24.1 Å². The SMILES string of the molecule is COC(=O)c1ccc(-c2cnc3ccc(-c4cnn(C(c5ccccc5)(c5ccccc5)c5ccccc5)c4)cn23)nc1. The molecule has 0 amide bonds. The van der Waals surface area contributed by atoms with E-state index < -0.39 is 11.5 Å². The number of imidazole rings is 1. The fraction of sp³-hybridized carbons (Fsp3) is 0.0556. The van der Waals surface area contributed by atoms with E-state index in [4.69, 9.17) is 9.84 Å². The number of rotatable bonds is 7. The Morgan fingerprint density at radius 1 is 0.651 bits per heavy atom. The van der Waals surface area contributed by atoms with Crippen LogP contribution in [-0.2, 0) is 10.3 Å². The highest BCUT2D eigenvalue weighted by Gasteiger charge is 2.39. The van der Waals surface area contributed by atoms with Gasteiger partial charge in [0.2, 0.25) is 0 Å². The zero-order valence-corrected chi connectivity index (χ0v) is 23.4. The summed E-state index contributed by atoms with van der Waals surface area (Å²) in [5.41, 5.74) is 7.26. The topological polar surface area (TPSA) is 74.3 Å². The van der Waals surface area contributed by atoms with Crippen LogP contribution in [0.3, 0.4) is 0 Å². The van der Waals surface area contributed by atoms with Crippen LogP contribution < -0.4 is 0 Å². The molecule has 0 saturated carbocycles. The van der Waals surface area contributed by atoms with Crippen molar-refractivity contribution >= 4 is 11.6 Å². The van der Waals surface area contributed by atoms with Gasteiger partial charge < -0.3 is 4.74 Å². The molecule has 4 aromatic heterocycles. The first-order valence-electron chi connectivity index (χ1n) is 13.9. The van der Waals surface area contributed by atoms with Crippen molar-refractivity contribution in [1.29, 1.82) is 0 Å². The third-order valence-electron chi connectivity index (χ3n) is 7.79. The van der Waals surface area contributed by atoms with Crippen LogP contribution >= 0.6 is 0 Å². The fourth-order valence-electron chi connectivity index (χ4n) is 5.72. The smallest absolute Gasteiger partial charge is 0.339 e. The minimum Gasteiger partial charge on any atom is -0.465 e. The van der Waals surface area contributed by atoms with Gasteiger partial charge in [-0.05, 0) is 41.0 Å². The standard InChI is InChI=1S/C36H27N5O2/c1-43-35(42)26-17-19-32(37-21-26)33-23-38-34-20-18-27(24-40(33)34)28-22-39-41(25-28)36(29-11-5-2-6-12-29,30-13-7-3-8-14-30)31-15-9-4-10-16-31/h2-25H,1H3. The average Bonchev–Trinajstić information content (AvgIpc) is 3.74. The normalized spacial score (nSPS) is 11.5. The van der Waals surface area contributed by atoms with Gasteiger partial charge in [0.1, 0.15) is 11.2 Å². The van der Waals surface area contributed by atoms with Crippen molar-refractivity contribution in [2.45, 2.75) is 5.54 Å². The number of fused-ring (bicyclic) bond motifs is 1. The summed E-state index contributed by atoms with van der Waals surface area (Å²) < 4.78 is 8.88. The maximum Gasteiger partial charge on any atom is 0.339 e. The first-order valence-corrected chi connectivity index (χ1v) is 13.9. The molecule has 0 atom stereocenters. The molecular formula is C36H27N5O2. The van der Waals surface area contributed by atoms with E-state index in [0.717, 1.165) is 39.2 Å². The van der Waals surface area contributed by atoms with E-state index in [-0.39, 0.29) is 0 Å². The molecule has 0 radical (unpaired) electrons. The van der Waals surface area contributed by atoms with Gasteiger partial charge in [-0.3, -0.25) is 14.1 Å². The lowest BCUT2D eigenvalue weighted by atomic mass is 9.77. The number of carbonyl (C=O) groups excluding carboxylic acids is 1. The number of ether oxygens (including phenoxy) is 1. The third kappa shape index (κ3) is 4.48. The van der Waals surface area contributed by atoms with Crippen molar-refractivity contribution in [2.24, 2.45) is 0 Å². The molecule has 7 rings (SSSR count). The summed E-state index contributed by atoms with van der Waals surface area (Å²) in [6, 6.07) is 39.0. The Hall–Kier alpha value is -5.82. The molecule has 0 bridgehead atoms. The summed E-state index contributed by atoms with van der Waals surface area (Å²) in [5.74, 6) is -0.422. The van der Waals surface area contributed by atoms with Crippen LogP contribution in [0.25, 0.3) is 28.2 Å². The Labute approximate surface area is 248 Å². The van der Waals surface area contributed by atoms with Crippen molar-refractivity contribution in [3.8, 4) is 22.5 Å². The van der Waals surface area contributed by atoms with Crippen LogP contribution in [0.4, 0.5) is 0 Å². The van der Waals surface area contributed by atoms with E-state index in [0.29, 0.717) is 11.3 Å². The second-order valence-electron chi connectivity index (χ2n) is 10.2. The molecule has 0 saturated heterocycles. The highest BCUT2D eigenvalue weighted by molar-refractivity contribution is 5.89. The van der Waals surface area contributed by atoms with Crippen LogP contribution in [0, 0.1) is 0 Å². The molecule has 0 N–H and O–H groups in total. The van der Waals surface area contributed by atoms with E-state index in [1.54, 1.807) is 18.3 Å². The summed E-state index contributed by atoms with van der Waals surface area (Å²) in [7, 11) is 1.36. The Balaban J connectivity index is 1.36. The maximum atomic E-state index is 11.9. The van der Waals surface area contributed by atoms with E-state index in [1.807, 2.05) is 41.1 Å². The van der Waals surface area contributed by atoms with Gasteiger partial charge in [0, 0.05) is 29.7 Å². The number of carbonyl (C=O) groups is 1. The third-order valence-corrected chi connectivity index (χ3v) is 7.79. The predicted octanol–water partition coefficient (Wildman–Crippen LogP) is 6.89. The van der Waals surface area contributed by atoms with Crippen LogP contribution in [0.1, 0.15) is 27.0 Å². The molecule has 0 fully saturated rings. The minimum atomic E-state index is -0.697. The van der Waals surface area contributed by atoms with Crippen LogP contribution in [-0.4, -0.2) is 37.2 Å². The summed E-state index contributed by atoms with van der Waals surface area (Å²) in [5, 5.41) is 5.01. The Morgan fingerprint density at radius 2 is 1.28 bits per heavy atom. The number of aromatic nitrogens is 5. The van der Waals surface area contributed by atoms with E-state index in [9.17, 15) is 4.79 Å². The van der Waals surface area contributed by atoms with E-state index in [2.05, 4.69) is 99.7 Å². The molecule has 7 aromatic rings. The summed E-state index contributed by atoms with van der Waals surface area (Å²) >= 11 is 0. The summed E-state index contributed by atoms with van der Waals surface area (Å²) in [4.78, 5) is 21.0. The molecule has 208 valence electrons. The fourth-order valence-corrected chi connectivity index (χ4v) is 5.72. The number of pyridine rings is 2. The van der Waals surface area contributed by atoms with Gasteiger partial charge in [0.05, 0.1) is 36.5 Å². The van der Waals surface area contributed by atoms with Crippen molar-refractivity contribution in [3.05, 3.63) is 168 Å². The van der Waals surface area contributed by atoms with Gasteiger partial charge in [-0.2, -0.15) is 5.10 Å². The Kier molecular flexibility index (Phi) is 6.60. The van der Waals surface area contributed by atoms with Gasteiger partial charge in [-0.25, -0.2) is 9.78 Å². The second kappa shape index (κ2) is 10.9. The number of nitrogens with zero attached hydrogens (tertiary/aromatic N) is 5. The van der Waals surface area contributed by atoms with Crippen LogP contribution in [0.2, 0.25) is 0 Å². The maximum absolute atomic E-state index is 11.9. The molecule has 0 aliphatic heterocycles. The highest BCUT2D eigenvalue weighted by Crippen LogP contribution is 2.41. The molecule has 0 spiro atoms. The van der Waals surface area contributed by atoms with Crippen molar-refractivity contribution in [3.63, 3.8) is 0 Å². The molecule has 0 aliphatic rings. The number of esters is 1. The van der Waals surface area contributed by atoms with E-state index in [1.165, 1.54) is 13.3 Å². The van der Waals surface area contributed by atoms with Gasteiger partial charge in [-0.1, -0.05) is 91.0 Å². The Bertz CT molecular complexity index is 1920. The molecule has 0 aliphatic carbocycles.